The van der Waals surface area contributed by atoms with Gasteiger partial charge in [-0.15, -0.1) is 0 Å². The van der Waals surface area contributed by atoms with Crippen molar-refractivity contribution in [1.82, 2.24) is 14.9 Å². The van der Waals surface area contributed by atoms with Gasteiger partial charge in [-0.1, -0.05) is 36.4 Å². The van der Waals surface area contributed by atoms with Gasteiger partial charge in [0.1, 0.15) is 5.82 Å². The van der Waals surface area contributed by atoms with Crippen LogP contribution in [0.2, 0.25) is 0 Å². The van der Waals surface area contributed by atoms with Gasteiger partial charge in [0.25, 0.3) is 0 Å². The Balaban J connectivity index is 1.33. The molecule has 0 bridgehead atoms. The summed E-state index contributed by atoms with van der Waals surface area (Å²) in [6.45, 7) is 2.61. The molecular weight excluding hydrogens is 495 g/mol. The van der Waals surface area contributed by atoms with E-state index in [0.29, 0.717) is 23.9 Å². The zero-order valence-electron chi connectivity index (χ0n) is 21.5. The molecular formula is C30H31FN6O2. The molecule has 1 aromatic heterocycles. The number of anilines is 3. The van der Waals surface area contributed by atoms with Crippen LogP contribution in [0.1, 0.15) is 18.4 Å². The van der Waals surface area contributed by atoms with Crippen LogP contribution in [0, 0.1) is 5.82 Å². The Morgan fingerprint density at radius 1 is 1.13 bits per heavy atom. The summed E-state index contributed by atoms with van der Waals surface area (Å²) in [7, 11) is 0. The number of hydrogen-bond donors (Lipinski definition) is 4. The number of nitrogens with zero attached hydrogens (tertiary/aromatic N) is 3. The van der Waals surface area contributed by atoms with E-state index in [4.69, 9.17) is 15.8 Å². The molecule has 2 heterocycles. The summed E-state index contributed by atoms with van der Waals surface area (Å²) >= 11 is 0. The van der Waals surface area contributed by atoms with Gasteiger partial charge >= 0.3 is 0 Å². The highest BCUT2D eigenvalue weighted by Crippen LogP contribution is 2.30. The molecule has 1 fully saturated rings. The molecule has 1 amide bonds. The third-order valence-electron chi connectivity index (χ3n) is 6.84. The minimum atomic E-state index is -0.506. The van der Waals surface area contributed by atoms with Crippen LogP contribution in [0.5, 0.6) is 0 Å². The number of halogens is 1. The number of piperidine rings is 1. The van der Waals surface area contributed by atoms with E-state index in [1.807, 2.05) is 42.5 Å². The molecule has 3 aromatic carbocycles. The smallest absolute Gasteiger partial charge is 0.241 e. The molecule has 1 aliphatic rings. The number of rotatable bonds is 9. The molecule has 1 saturated heterocycles. The normalized spacial score (nSPS) is 14.6. The van der Waals surface area contributed by atoms with Crippen molar-refractivity contribution in [2.24, 2.45) is 5.73 Å². The standard InChI is InChI=1S/C30H31FN6O2/c31-26-18-24(8-9-27(26)34-23-11-13-37(14-12-23)15-16-38)35-30-33-19-22-5-2-6-25(29(22)36-30)21-4-1-3-20(17-21)7-10-28(32)39/h1-10,17-19,23,34,38H,11-16H2,(H2,32,39)(H,33,35,36). The van der Waals surface area contributed by atoms with E-state index < -0.39 is 5.91 Å². The molecule has 0 unspecified atom stereocenters. The predicted octanol–water partition coefficient (Wildman–Crippen LogP) is 4.55. The van der Waals surface area contributed by atoms with Crippen LogP contribution < -0.4 is 16.4 Å². The highest BCUT2D eigenvalue weighted by Gasteiger charge is 2.19. The summed E-state index contributed by atoms with van der Waals surface area (Å²) in [6, 6.07) is 18.8. The maximum absolute atomic E-state index is 15.0. The largest absolute Gasteiger partial charge is 0.395 e. The number of likely N-dealkylation sites (tertiary alicyclic amines) is 1. The average Bonchev–Trinajstić information content (AvgIpc) is 2.94. The fourth-order valence-electron chi connectivity index (χ4n) is 4.84. The molecule has 4 aromatic rings. The zero-order valence-corrected chi connectivity index (χ0v) is 21.5. The molecule has 9 heteroatoms. The maximum Gasteiger partial charge on any atom is 0.241 e. The summed E-state index contributed by atoms with van der Waals surface area (Å²) in [6.07, 6.45) is 6.54. The first-order valence-corrected chi connectivity index (χ1v) is 13.0. The van der Waals surface area contributed by atoms with Gasteiger partial charge in [0, 0.05) is 54.6 Å². The van der Waals surface area contributed by atoms with E-state index >= 15 is 0 Å². The summed E-state index contributed by atoms with van der Waals surface area (Å²) < 4.78 is 15.0. The van der Waals surface area contributed by atoms with Crippen molar-refractivity contribution in [3.05, 3.63) is 84.3 Å². The van der Waals surface area contributed by atoms with Gasteiger partial charge < -0.3 is 26.4 Å². The minimum Gasteiger partial charge on any atom is -0.395 e. The Morgan fingerprint density at radius 3 is 2.72 bits per heavy atom. The fourth-order valence-corrected chi connectivity index (χ4v) is 4.84. The van der Waals surface area contributed by atoms with Crippen LogP contribution in [-0.2, 0) is 4.79 Å². The number of β-amino-alcohol motifs (C(OH)–C–C–N with tert-alkyl or cyclic N) is 1. The van der Waals surface area contributed by atoms with Crippen molar-refractivity contribution in [1.29, 1.82) is 0 Å². The number of para-hydroxylation sites is 1. The van der Waals surface area contributed by atoms with E-state index in [9.17, 15) is 9.18 Å². The first-order valence-electron chi connectivity index (χ1n) is 13.0. The molecule has 39 heavy (non-hydrogen) atoms. The van der Waals surface area contributed by atoms with Gasteiger partial charge in [-0.25, -0.2) is 14.4 Å². The van der Waals surface area contributed by atoms with E-state index in [-0.39, 0.29) is 18.5 Å². The lowest BCUT2D eigenvalue weighted by Crippen LogP contribution is -2.40. The molecule has 200 valence electrons. The molecule has 8 nitrogen and oxygen atoms in total. The minimum absolute atomic E-state index is 0.159. The predicted molar refractivity (Wildman–Crippen MR) is 153 cm³/mol. The summed E-state index contributed by atoms with van der Waals surface area (Å²) in [5.74, 6) is -0.495. The molecule has 0 radical (unpaired) electrons. The van der Waals surface area contributed by atoms with Crippen LogP contribution >= 0.6 is 0 Å². The number of nitrogens with two attached hydrogens (primary N) is 1. The van der Waals surface area contributed by atoms with Crippen LogP contribution in [0.15, 0.2) is 72.9 Å². The lowest BCUT2D eigenvalue weighted by atomic mass is 10.0. The Kier molecular flexibility index (Phi) is 8.10. The maximum atomic E-state index is 15.0. The van der Waals surface area contributed by atoms with Gasteiger partial charge in [0.05, 0.1) is 17.8 Å². The van der Waals surface area contributed by atoms with E-state index in [2.05, 4.69) is 20.5 Å². The number of hydrogen-bond acceptors (Lipinski definition) is 7. The van der Waals surface area contributed by atoms with E-state index in [0.717, 1.165) is 53.5 Å². The molecule has 5 rings (SSSR count). The molecule has 0 spiro atoms. The Hall–Kier alpha value is -4.34. The third kappa shape index (κ3) is 6.57. The van der Waals surface area contributed by atoms with Crippen molar-refractivity contribution in [2.45, 2.75) is 18.9 Å². The third-order valence-corrected chi connectivity index (χ3v) is 6.84. The number of fused-ring (bicyclic) bond motifs is 1. The van der Waals surface area contributed by atoms with Crippen molar-refractivity contribution in [2.75, 3.05) is 36.9 Å². The van der Waals surface area contributed by atoms with Crippen molar-refractivity contribution >= 4 is 40.2 Å². The van der Waals surface area contributed by atoms with Crippen LogP contribution in [0.3, 0.4) is 0 Å². The second-order valence-corrected chi connectivity index (χ2v) is 9.60. The Bertz CT molecular complexity index is 1500. The van der Waals surface area contributed by atoms with Gasteiger partial charge in [-0.2, -0.15) is 0 Å². The van der Waals surface area contributed by atoms with Gasteiger partial charge in [-0.3, -0.25) is 4.79 Å². The SMILES string of the molecule is NC(=O)C=Cc1cccc(-c2cccc3cnc(Nc4ccc(NC5CCN(CCO)CC5)c(F)c4)nc23)c1. The highest BCUT2D eigenvalue weighted by atomic mass is 19.1. The fraction of sp³-hybridized carbons (Fsp3) is 0.233. The van der Waals surface area contributed by atoms with Crippen LogP contribution in [0.25, 0.3) is 28.1 Å². The van der Waals surface area contributed by atoms with Gasteiger partial charge in [-0.05, 0) is 54.3 Å². The summed E-state index contributed by atoms with van der Waals surface area (Å²) in [5.41, 5.74) is 9.67. The summed E-state index contributed by atoms with van der Waals surface area (Å²) in [4.78, 5) is 22.5. The number of amides is 1. The zero-order chi connectivity index (χ0) is 27.2. The van der Waals surface area contributed by atoms with Crippen molar-refractivity contribution in [3.63, 3.8) is 0 Å². The summed E-state index contributed by atoms with van der Waals surface area (Å²) in [5, 5.41) is 16.4. The second-order valence-electron chi connectivity index (χ2n) is 9.60. The van der Waals surface area contributed by atoms with Gasteiger partial charge in [0.15, 0.2) is 0 Å². The lowest BCUT2D eigenvalue weighted by molar-refractivity contribution is -0.113. The van der Waals surface area contributed by atoms with E-state index in [1.165, 1.54) is 12.1 Å². The molecule has 0 atom stereocenters. The molecule has 5 N–H and O–H groups in total. The Labute approximate surface area is 226 Å². The lowest BCUT2D eigenvalue weighted by Gasteiger charge is -2.32. The number of carbonyl (C=O) groups excluding carboxylic acids is 1. The van der Waals surface area contributed by atoms with Crippen molar-refractivity contribution in [3.8, 4) is 11.1 Å². The molecule has 0 saturated carbocycles. The van der Waals surface area contributed by atoms with Crippen LogP contribution in [-0.4, -0.2) is 58.2 Å². The molecule has 0 aliphatic carbocycles. The van der Waals surface area contributed by atoms with Crippen molar-refractivity contribution < 1.29 is 14.3 Å². The number of carbonyl (C=O) groups is 1. The first kappa shape index (κ1) is 26.3. The number of aliphatic hydroxyl groups is 1. The Morgan fingerprint density at radius 2 is 1.95 bits per heavy atom. The second kappa shape index (κ2) is 12.0. The molecule has 1 aliphatic heterocycles. The monoisotopic (exact) mass is 526 g/mol. The quantitative estimate of drug-likeness (QED) is 0.237. The topological polar surface area (TPSA) is 116 Å². The number of benzene rings is 3. The number of nitrogens with one attached hydrogen (secondary N) is 2. The van der Waals surface area contributed by atoms with E-state index in [1.54, 1.807) is 24.4 Å². The highest BCUT2D eigenvalue weighted by molar-refractivity contribution is 5.95. The number of aliphatic hydroxyl groups excluding tert-OH is 1. The number of primary amides is 1. The first-order chi connectivity index (χ1) is 19.0. The average molecular weight is 527 g/mol. The van der Waals surface area contributed by atoms with Gasteiger partial charge in [0.2, 0.25) is 11.9 Å². The number of aromatic nitrogens is 2. The van der Waals surface area contributed by atoms with Crippen LogP contribution in [0.4, 0.5) is 21.7 Å².